The van der Waals surface area contributed by atoms with Crippen molar-refractivity contribution in [2.24, 2.45) is 5.92 Å². The zero-order valence-corrected chi connectivity index (χ0v) is 40.4. The molecule has 0 N–H and O–H groups in total. The molecule has 0 amide bonds. The van der Waals surface area contributed by atoms with Crippen LogP contribution in [0.4, 0.5) is 162 Å². The Morgan fingerprint density at radius 3 is 0.795 bits per heavy atom. The molecule has 0 saturated heterocycles. The van der Waals surface area contributed by atoms with Gasteiger partial charge in [0, 0.05) is 12.4 Å². The molecule has 0 saturated carbocycles. The smallest absolute Gasteiger partial charge is 0.460 e. The van der Waals surface area contributed by atoms with Gasteiger partial charge in [-0.25, -0.2) is 14.2 Å². The summed E-state index contributed by atoms with van der Waals surface area (Å²) in [5, 5.41) is 11.1. The fraction of sp³-hybridized carbons (Fsp3) is 0.949. The van der Waals surface area contributed by atoms with Crippen LogP contribution in [-0.2, 0) is 28.5 Å². The van der Waals surface area contributed by atoms with Gasteiger partial charge in [0.15, 0.2) is 6.61 Å². The Hall–Kier alpha value is -3.77. The first-order valence-corrected chi connectivity index (χ1v) is 22.3. The molecule has 44 heteroatoms. The van der Waals surface area contributed by atoms with E-state index in [1.54, 1.807) is 0 Å². The van der Waals surface area contributed by atoms with Crippen LogP contribution in [0.2, 0.25) is 0 Å². The van der Waals surface area contributed by atoms with Crippen LogP contribution in [0.3, 0.4) is 0 Å². The van der Waals surface area contributed by atoms with Gasteiger partial charge in [0.25, 0.3) is 0 Å². The molecule has 0 radical (unpaired) electrons. The highest BCUT2D eigenvalue weighted by molar-refractivity contribution is 5.78. The predicted octanol–water partition coefficient (Wildman–Crippen LogP) is 16.3. The number of carboxylic acids is 1. The van der Waals surface area contributed by atoms with Gasteiger partial charge in [0.2, 0.25) is 0 Å². The lowest BCUT2D eigenvalue weighted by Crippen LogP contribution is -2.73. The van der Waals surface area contributed by atoms with Crippen molar-refractivity contribution in [3.8, 4) is 0 Å². The Labute approximate surface area is 438 Å². The number of alkyl halides is 37. The third-order valence-corrected chi connectivity index (χ3v) is 11.2. The lowest BCUT2D eigenvalue weighted by Gasteiger charge is -2.43. The van der Waals surface area contributed by atoms with E-state index in [2.05, 4.69) is 4.74 Å². The van der Waals surface area contributed by atoms with E-state index in [0.29, 0.717) is 28.7 Å². The van der Waals surface area contributed by atoms with Crippen LogP contribution >= 0.6 is 0 Å². The van der Waals surface area contributed by atoms with E-state index in [1.165, 1.54) is 0 Å². The predicted molar refractivity (Wildman–Crippen MR) is 192 cm³/mol. The highest BCUT2D eigenvalue weighted by Crippen LogP contribution is 2.65. The number of halogens is 37. The molecule has 0 aromatic carbocycles. The van der Waals surface area contributed by atoms with E-state index in [9.17, 15) is 177 Å². The molecule has 496 valence electrons. The van der Waals surface area contributed by atoms with Gasteiger partial charge >= 0.3 is 114 Å². The number of aliphatic carboxylic acids is 1. The van der Waals surface area contributed by atoms with Crippen molar-refractivity contribution in [1.82, 2.24) is 0 Å². The zero-order chi connectivity index (χ0) is 66.6. The fourth-order valence-electron chi connectivity index (χ4n) is 6.23. The molecule has 0 aromatic heterocycles. The van der Waals surface area contributed by atoms with Gasteiger partial charge in [-0.2, -0.15) is 162 Å². The van der Waals surface area contributed by atoms with Crippen LogP contribution in [0.1, 0.15) is 110 Å². The summed E-state index contributed by atoms with van der Waals surface area (Å²) in [5.41, 5.74) is 0. The van der Waals surface area contributed by atoms with Crippen molar-refractivity contribution >= 4 is 11.9 Å². The number of esters is 1. The summed E-state index contributed by atoms with van der Waals surface area (Å²) in [7, 11) is 0. The van der Waals surface area contributed by atoms with Gasteiger partial charge in [0.05, 0.1) is 5.92 Å². The number of hydrogen-bond acceptors (Lipinski definition) is 7. The van der Waals surface area contributed by atoms with Gasteiger partial charge < -0.3 is 14.6 Å². The van der Waals surface area contributed by atoms with E-state index < -0.39 is 145 Å². The SMILES string of the molecule is CCCCCCCCCCCCCCCCC(CC(=O)[O-])C(=O)OCC(F)(F)C(F)(F)C(F)(F)C(F)(F)OC(F)(F)C(F)(F)C(F)(F)C(F)(F)C(F)(F)OC(F)(F)C(F)(F)C(F)(F)C(F)(F)C(F)(F)OC(F)(F)C(F)(F)C(F)(F)C(F)(F)F. The van der Waals surface area contributed by atoms with E-state index in [-0.39, 0.29) is 12.8 Å². The Morgan fingerprint density at radius 2 is 0.554 bits per heavy atom. The van der Waals surface area contributed by atoms with Gasteiger partial charge in [-0.3, -0.25) is 4.79 Å². The number of carboxylic acid groups (broad SMARTS) is 1. The van der Waals surface area contributed by atoms with Crippen molar-refractivity contribution in [2.75, 3.05) is 6.61 Å². The molecule has 0 bridgehead atoms. The second-order valence-electron chi connectivity index (χ2n) is 17.6. The largest absolute Gasteiger partial charge is 0.550 e. The molecule has 0 heterocycles. The first kappa shape index (κ1) is 79.2. The third kappa shape index (κ3) is 15.7. The first-order valence-electron chi connectivity index (χ1n) is 22.3. The van der Waals surface area contributed by atoms with Crippen LogP contribution in [-0.4, -0.2) is 127 Å². The summed E-state index contributed by atoms with van der Waals surface area (Å²) in [6.45, 7) is -1.71. The maximum atomic E-state index is 14.4. The highest BCUT2D eigenvalue weighted by Gasteiger charge is 2.95. The summed E-state index contributed by atoms with van der Waals surface area (Å²) in [6.07, 6.45) is -55.5. The Balaban J connectivity index is 6.60. The van der Waals surface area contributed by atoms with Gasteiger partial charge in [-0.1, -0.05) is 96.8 Å². The normalized spacial score (nSPS) is 15.9. The molecule has 1 unspecified atom stereocenters. The Morgan fingerprint density at radius 1 is 0.325 bits per heavy atom. The summed E-state index contributed by atoms with van der Waals surface area (Å²) in [5.74, 6) is -107. The molecule has 0 aromatic rings. The second-order valence-corrected chi connectivity index (χ2v) is 17.6. The summed E-state index contributed by atoms with van der Waals surface area (Å²) >= 11 is 0. The number of unbranched alkanes of at least 4 members (excludes halogenated alkanes) is 13. The maximum absolute atomic E-state index is 14.4. The molecule has 83 heavy (non-hydrogen) atoms. The maximum Gasteiger partial charge on any atom is 0.460 e. The molecule has 0 aliphatic carbocycles. The van der Waals surface area contributed by atoms with Crippen molar-refractivity contribution in [3.63, 3.8) is 0 Å². The van der Waals surface area contributed by atoms with Crippen LogP contribution in [0.25, 0.3) is 0 Å². The van der Waals surface area contributed by atoms with E-state index >= 15 is 0 Å². The minimum absolute atomic E-state index is 0.101. The van der Waals surface area contributed by atoms with Gasteiger partial charge in [-0.05, 0) is 6.42 Å². The van der Waals surface area contributed by atoms with Gasteiger partial charge in [-0.15, -0.1) is 0 Å². The highest BCUT2D eigenvalue weighted by atomic mass is 19.4. The third-order valence-electron chi connectivity index (χ3n) is 11.2. The van der Waals surface area contributed by atoms with Crippen molar-refractivity contribution < 1.29 is 196 Å². The van der Waals surface area contributed by atoms with E-state index in [4.69, 9.17) is 0 Å². The monoisotopic (exact) mass is 1320 g/mol. The average molecular weight is 1320 g/mol. The molecular weight excluding hydrogens is 1280 g/mol. The number of carbonyl (C=O) groups is 2. The van der Waals surface area contributed by atoms with Gasteiger partial charge in [0.1, 0.15) is 0 Å². The number of rotatable bonds is 39. The molecular formula is C39H38F37O7-. The van der Waals surface area contributed by atoms with Crippen molar-refractivity contribution in [1.29, 1.82) is 0 Å². The first-order chi connectivity index (χ1) is 36.4. The van der Waals surface area contributed by atoms with E-state index in [1.807, 2.05) is 6.92 Å². The molecule has 7 nitrogen and oxygen atoms in total. The minimum Gasteiger partial charge on any atom is -0.550 e. The number of hydrogen-bond donors (Lipinski definition) is 0. The average Bonchev–Trinajstić information content (AvgIpc) is 3.28. The topological polar surface area (TPSA) is 94.1 Å². The molecule has 0 fully saturated rings. The zero-order valence-electron chi connectivity index (χ0n) is 40.4. The Bertz CT molecular complexity index is 2090. The summed E-state index contributed by atoms with van der Waals surface area (Å²) in [6, 6.07) is 0. The van der Waals surface area contributed by atoms with Crippen LogP contribution in [0.15, 0.2) is 0 Å². The van der Waals surface area contributed by atoms with Crippen LogP contribution in [0, 0.1) is 5.92 Å². The van der Waals surface area contributed by atoms with Crippen molar-refractivity contribution in [2.45, 2.75) is 218 Å². The van der Waals surface area contributed by atoms with Crippen molar-refractivity contribution in [3.05, 3.63) is 0 Å². The van der Waals surface area contributed by atoms with Crippen LogP contribution < -0.4 is 5.11 Å². The molecule has 0 rings (SSSR count). The lowest BCUT2D eigenvalue weighted by molar-refractivity contribution is -0.549. The molecule has 0 aliphatic rings. The Kier molecular flexibility index (Phi) is 24.7. The molecule has 0 aliphatic heterocycles. The minimum atomic E-state index is -9.78. The molecule has 1 atom stereocenters. The standard InChI is InChI=1S/C39H39F37O7/c1-2-3-4-5-6-7-8-9-10-11-12-13-14-15-16-19(17-20(77)78)21(79)80-18-22(40,41)23(42,43)27(50,51)34(65,66)81-35(67,68)28(52,53)24(44,45)29(54,55)36(69,70)82-37(71,72)30(56,57)25(46,47)31(58,59)38(73,74)83-39(75,76)32(60,61)26(48,49)33(62,63)64/h19H,2-18H2,1H3,(H,77,78)/p-1. The second kappa shape index (κ2) is 25.9. The lowest BCUT2D eigenvalue weighted by atomic mass is 9.97. The number of ether oxygens (including phenoxy) is 4. The van der Waals surface area contributed by atoms with Crippen LogP contribution in [0.5, 0.6) is 0 Å². The number of carbonyl (C=O) groups excluding carboxylic acids is 2. The summed E-state index contributed by atoms with van der Waals surface area (Å²) in [4.78, 5) is 23.3. The van der Waals surface area contributed by atoms with E-state index in [0.717, 1.165) is 62.5 Å². The summed E-state index contributed by atoms with van der Waals surface area (Å²) < 4.78 is 515. The quantitative estimate of drug-likeness (QED) is 0.0344. The molecule has 0 spiro atoms. The fourth-order valence-corrected chi connectivity index (χ4v) is 6.23.